The van der Waals surface area contributed by atoms with Gasteiger partial charge in [-0.15, -0.1) is 0 Å². The van der Waals surface area contributed by atoms with Crippen molar-refractivity contribution in [1.82, 2.24) is 19.8 Å². The Morgan fingerprint density at radius 2 is 1.96 bits per heavy atom. The van der Waals surface area contributed by atoms with E-state index in [1.54, 1.807) is 36.9 Å². The third-order valence-electron chi connectivity index (χ3n) is 4.42. The summed E-state index contributed by atoms with van der Waals surface area (Å²) in [4.78, 5) is 43.4. The molecule has 0 saturated carbocycles. The molecule has 26 heavy (non-hydrogen) atoms. The van der Waals surface area contributed by atoms with E-state index in [4.69, 9.17) is 4.74 Å². The first-order chi connectivity index (χ1) is 12.5. The van der Waals surface area contributed by atoms with Gasteiger partial charge in [0.05, 0.1) is 24.1 Å². The molecule has 2 aromatic rings. The lowest BCUT2D eigenvalue weighted by atomic mass is 10.2. The molecule has 8 heteroatoms. The predicted octanol–water partition coefficient (Wildman–Crippen LogP) is 0.0684. The molecule has 1 aliphatic rings. The minimum atomic E-state index is -0.662. The summed E-state index contributed by atoms with van der Waals surface area (Å²) in [6.45, 7) is 5.20. The molecule has 3 rings (SSSR count). The Morgan fingerprint density at radius 1 is 1.27 bits per heavy atom. The summed E-state index contributed by atoms with van der Waals surface area (Å²) in [5, 5.41) is 3.13. The van der Waals surface area contributed by atoms with Crippen molar-refractivity contribution < 1.29 is 14.3 Å². The smallest absolute Gasteiger partial charge is 0.261 e. The van der Waals surface area contributed by atoms with E-state index in [9.17, 15) is 14.4 Å². The summed E-state index contributed by atoms with van der Waals surface area (Å²) >= 11 is 0. The second kappa shape index (κ2) is 7.65. The first-order valence-corrected chi connectivity index (χ1v) is 8.59. The van der Waals surface area contributed by atoms with Crippen molar-refractivity contribution in [2.24, 2.45) is 0 Å². The number of nitrogens with zero attached hydrogens (tertiary/aromatic N) is 3. The summed E-state index contributed by atoms with van der Waals surface area (Å²) in [5.41, 5.74) is 0.331. The van der Waals surface area contributed by atoms with Gasteiger partial charge in [0, 0.05) is 13.1 Å². The third kappa shape index (κ3) is 3.75. The highest BCUT2D eigenvalue weighted by Gasteiger charge is 2.24. The van der Waals surface area contributed by atoms with E-state index >= 15 is 0 Å². The number of rotatable bonds is 4. The summed E-state index contributed by atoms with van der Waals surface area (Å²) in [6.07, 6.45) is 0. The maximum absolute atomic E-state index is 12.6. The molecule has 1 aliphatic heterocycles. The molecule has 8 nitrogen and oxygen atoms in total. The van der Waals surface area contributed by atoms with Crippen LogP contribution in [-0.4, -0.2) is 58.6 Å². The zero-order chi connectivity index (χ0) is 18.7. The first kappa shape index (κ1) is 18.1. The fraction of sp³-hybridized carbons (Fsp3) is 0.444. The molecular formula is C18H22N4O4. The van der Waals surface area contributed by atoms with Gasteiger partial charge < -0.3 is 15.0 Å². The highest BCUT2D eigenvalue weighted by atomic mass is 16.5. The van der Waals surface area contributed by atoms with Crippen LogP contribution in [0, 0.1) is 6.92 Å². The average molecular weight is 358 g/mol. The van der Waals surface area contributed by atoms with Crippen molar-refractivity contribution in [3.8, 4) is 0 Å². The fourth-order valence-electron chi connectivity index (χ4n) is 3.02. The van der Waals surface area contributed by atoms with Crippen molar-refractivity contribution in [1.29, 1.82) is 0 Å². The Morgan fingerprint density at radius 3 is 2.69 bits per heavy atom. The van der Waals surface area contributed by atoms with Crippen molar-refractivity contribution in [3.05, 3.63) is 40.4 Å². The molecule has 1 atom stereocenters. The van der Waals surface area contributed by atoms with Crippen LogP contribution < -0.4 is 10.9 Å². The zero-order valence-electron chi connectivity index (χ0n) is 14.9. The number of hydrogen-bond acceptors (Lipinski definition) is 5. The van der Waals surface area contributed by atoms with Crippen LogP contribution in [0.1, 0.15) is 12.7 Å². The zero-order valence-corrected chi connectivity index (χ0v) is 14.9. The molecule has 1 aromatic heterocycles. The molecule has 2 amide bonds. The Hall–Kier alpha value is -2.74. The van der Waals surface area contributed by atoms with Gasteiger partial charge in [-0.3, -0.25) is 19.0 Å². The molecule has 0 spiro atoms. The molecule has 1 unspecified atom stereocenters. The van der Waals surface area contributed by atoms with Gasteiger partial charge in [-0.25, -0.2) is 4.98 Å². The third-order valence-corrected chi connectivity index (χ3v) is 4.42. The molecular weight excluding hydrogens is 336 g/mol. The van der Waals surface area contributed by atoms with E-state index in [1.807, 2.05) is 6.07 Å². The van der Waals surface area contributed by atoms with E-state index < -0.39 is 11.9 Å². The number of aryl methyl sites for hydroxylation is 1. The number of fused-ring (bicyclic) bond motifs is 1. The minimum absolute atomic E-state index is 0.151. The van der Waals surface area contributed by atoms with Crippen LogP contribution in [0.4, 0.5) is 0 Å². The number of carbonyl (C=O) groups excluding carboxylic acids is 2. The normalized spacial score (nSPS) is 15.7. The summed E-state index contributed by atoms with van der Waals surface area (Å²) in [5.74, 6) is -0.0974. The number of morpholine rings is 1. The molecule has 2 heterocycles. The van der Waals surface area contributed by atoms with Gasteiger partial charge in [0.2, 0.25) is 11.8 Å². The minimum Gasteiger partial charge on any atom is -0.378 e. The molecule has 0 radical (unpaired) electrons. The van der Waals surface area contributed by atoms with Crippen LogP contribution in [0.5, 0.6) is 0 Å². The van der Waals surface area contributed by atoms with Crippen LogP contribution in [-0.2, 0) is 20.9 Å². The lowest BCUT2D eigenvalue weighted by molar-refractivity contribution is -0.139. The lowest BCUT2D eigenvalue weighted by Crippen LogP contribution is -2.51. The van der Waals surface area contributed by atoms with Gasteiger partial charge in [0.25, 0.3) is 5.56 Å². The Kier molecular flexibility index (Phi) is 5.32. The Labute approximate surface area is 150 Å². The summed E-state index contributed by atoms with van der Waals surface area (Å²) in [7, 11) is 0. The molecule has 1 N–H and O–H groups in total. The first-order valence-electron chi connectivity index (χ1n) is 8.59. The second-order valence-electron chi connectivity index (χ2n) is 6.29. The molecule has 0 aliphatic carbocycles. The maximum atomic E-state index is 12.6. The second-order valence-corrected chi connectivity index (χ2v) is 6.29. The SMILES string of the molecule is Cc1nc2ccccc2c(=O)n1CC(=O)NC(C)C(=O)N1CCOCC1. The van der Waals surface area contributed by atoms with Crippen LogP contribution in [0.2, 0.25) is 0 Å². The predicted molar refractivity (Wildman–Crippen MR) is 95.7 cm³/mol. The van der Waals surface area contributed by atoms with E-state index in [0.717, 1.165) is 0 Å². The number of benzene rings is 1. The number of para-hydroxylation sites is 1. The standard InChI is InChI=1S/C18H22N4O4/c1-12(17(24)21-7-9-26-10-8-21)19-16(23)11-22-13(2)20-15-6-4-3-5-14(15)18(22)25/h3-6,12H,7-11H2,1-2H3,(H,19,23). The van der Waals surface area contributed by atoms with E-state index in [0.29, 0.717) is 43.0 Å². The number of carbonyl (C=O) groups is 2. The Balaban J connectivity index is 1.71. The molecule has 0 bridgehead atoms. The van der Waals surface area contributed by atoms with Gasteiger partial charge in [-0.05, 0) is 26.0 Å². The maximum Gasteiger partial charge on any atom is 0.261 e. The quantitative estimate of drug-likeness (QED) is 0.835. The number of amides is 2. The lowest BCUT2D eigenvalue weighted by Gasteiger charge is -2.29. The van der Waals surface area contributed by atoms with Gasteiger partial charge in [-0.1, -0.05) is 12.1 Å². The largest absolute Gasteiger partial charge is 0.378 e. The van der Waals surface area contributed by atoms with Gasteiger partial charge in [0.15, 0.2) is 0 Å². The molecule has 1 saturated heterocycles. The van der Waals surface area contributed by atoms with E-state index in [-0.39, 0.29) is 18.0 Å². The van der Waals surface area contributed by atoms with Crippen LogP contribution in [0.25, 0.3) is 10.9 Å². The van der Waals surface area contributed by atoms with Crippen molar-refractivity contribution in [2.45, 2.75) is 26.4 Å². The topological polar surface area (TPSA) is 93.5 Å². The molecule has 1 aromatic carbocycles. The van der Waals surface area contributed by atoms with Gasteiger partial charge in [-0.2, -0.15) is 0 Å². The van der Waals surface area contributed by atoms with Crippen molar-refractivity contribution >= 4 is 22.7 Å². The Bertz CT molecular complexity index is 886. The summed E-state index contributed by atoms with van der Waals surface area (Å²) < 4.78 is 6.55. The van der Waals surface area contributed by atoms with Crippen molar-refractivity contribution in [2.75, 3.05) is 26.3 Å². The van der Waals surface area contributed by atoms with Crippen LogP contribution in [0.15, 0.2) is 29.1 Å². The highest BCUT2D eigenvalue weighted by Crippen LogP contribution is 2.07. The van der Waals surface area contributed by atoms with Gasteiger partial charge in [0.1, 0.15) is 18.4 Å². The molecule has 1 fully saturated rings. The van der Waals surface area contributed by atoms with Crippen LogP contribution in [0.3, 0.4) is 0 Å². The molecule has 138 valence electrons. The van der Waals surface area contributed by atoms with Gasteiger partial charge >= 0.3 is 0 Å². The fourth-order valence-corrected chi connectivity index (χ4v) is 3.02. The number of aromatic nitrogens is 2. The van der Waals surface area contributed by atoms with E-state index in [1.165, 1.54) is 4.57 Å². The van der Waals surface area contributed by atoms with E-state index in [2.05, 4.69) is 10.3 Å². The number of hydrogen-bond donors (Lipinski definition) is 1. The average Bonchev–Trinajstić information content (AvgIpc) is 2.65. The van der Waals surface area contributed by atoms with Crippen molar-refractivity contribution in [3.63, 3.8) is 0 Å². The number of ether oxygens (including phenoxy) is 1. The monoisotopic (exact) mass is 358 g/mol. The number of nitrogens with one attached hydrogen (secondary N) is 1. The summed E-state index contributed by atoms with van der Waals surface area (Å²) in [6, 6.07) is 6.35. The van der Waals surface area contributed by atoms with Crippen LogP contribution >= 0.6 is 0 Å². The highest BCUT2D eigenvalue weighted by molar-refractivity contribution is 5.87.